The molecule has 0 saturated heterocycles. The van der Waals surface area contributed by atoms with Crippen molar-refractivity contribution in [2.75, 3.05) is 0 Å². The molecule has 0 aliphatic rings. The number of halogens is 2. The molecule has 0 radical (unpaired) electrons. The Hall–Kier alpha value is -4.62. The molecular formula is C26H15Br2N5O6. The van der Waals surface area contributed by atoms with Gasteiger partial charge in [-0.2, -0.15) is 10.2 Å². The number of hydrogen-bond donors (Lipinski definition) is 0. The predicted octanol–water partition coefficient (Wildman–Crippen LogP) is 8.41. The molecule has 0 bridgehead atoms. The van der Waals surface area contributed by atoms with E-state index in [0.717, 1.165) is 23.9 Å². The van der Waals surface area contributed by atoms with Gasteiger partial charge in [0.2, 0.25) is 0 Å². The summed E-state index contributed by atoms with van der Waals surface area (Å²) in [5.41, 5.74) is 1.20. The highest BCUT2D eigenvalue weighted by Gasteiger charge is 2.22. The average Bonchev–Trinajstić information content (AvgIpc) is 2.93. The highest BCUT2D eigenvalue weighted by atomic mass is 79.9. The van der Waals surface area contributed by atoms with Gasteiger partial charge in [-0.15, -0.1) is 0 Å². The first-order valence-electron chi connectivity index (χ1n) is 11.0. The second-order valence-corrected chi connectivity index (χ2v) is 9.47. The van der Waals surface area contributed by atoms with E-state index >= 15 is 0 Å². The van der Waals surface area contributed by atoms with Crippen molar-refractivity contribution in [3.63, 3.8) is 0 Å². The van der Waals surface area contributed by atoms with Gasteiger partial charge < -0.3 is 4.74 Å². The van der Waals surface area contributed by atoms with Gasteiger partial charge in [0.15, 0.2) is 5.75 Å². The first-order valence-corrected chi connectivity index (χ1v) is 12.5. The van der Waals surface area contributed by atoms with Crippen LogP contribution in [0.2, 0.25) is 0 Å². The molecule has 4 aromatic carbocycles. The summed E-state index contributed by atoms with van der Waals surface area (Å²) < 4.78 is 6.13. The van der Waals surface area contributed by atoms with E-state index < -0.39 is 27.2 Å². The SMILES string of the molecule is O=C(Oc1c(Br)cc(C=Nc2ccc(N=Nc3ccccc3)cc2)cc1Br)c1cc([N+](=O)[O-])cc([N+](=O)[O-])c1. The number of hydrogen-bond acceptors (Lipinski definition) is 9. The Morgan fingerprint density at radius 1 is 0.744 bits per heavy atom. The monoisotopic (exact) mass is 651 g/mol. The van der Waals surface area contributed by atoms with Crippen LogP contribution in [-0.2, 0) is 0 Å². The van der Waals surface area contributed by atoms with E-state index in [1.54, 1.807) is 42.6 Å². The van der Waals surface area contributed by atoms with Gasteiger partial charge in [0.1, 0.15) is 0 Å². The van der Waals surface area contributed by atoms with Crippen LogP contribution in [0.15, 0.2) is 109 Å². The summed E-state index contributed by atoms with van der Waals surface area (Å²) in [6.07, 6.45) is 1.60. The third-order valence-corrected chi connectivity index (χ3v) is 6.20. The lowest BCUT2D eigenvalue weighted by atomic mass is 10.1. The Morgan fingerprint density at radius 2 is 1.26 bits per heavy atom. The molecule has 0 unspecified atom stereocenters. The third-order valence-electron chi connectivity index (χ3n) is 5.02. The minimum atomic E-state index is -1.01. The molecule has 0 amide bonds. The number of esters is 1. The van der Waals surface area contributed by atoms with Crippen LogP contribution in [-0.4, -0.2) is 22.0 Å². The third kappa shape index (κ3) is 7.24. The van der Waals surface area contributed by atoms with Gasteiger partial charge in [0.05, 0.1) is 47.5 Å². The van der Waals surface area contributed by atoms with E-state index in [-0.39, 0.29) is 11.3 Å². The maximum absolute atomic E-state index is 12.7. The van der Waals surface area contributed by atoms with Gasteiger partial charge in [-0.3, -0.25) is 25.2 Å². The summed E-state index contributed by atoms with van der Waals surface area (Å²) in [5, 5.41) is 30.6. The summed E-state index contributed by atoms with van der Waals surface area (Å²) in [5.74, 6) is -0.923. The van der Waals surface area contributed by atoms with Crippen LogP contribution in [0.25, 0.3) is 0 Å². The molecule has 194 valence electrons. The molecule has 13 heteroatoms. The normalized spacial score (nSPS) is 11.1. The molecule has 0 atom stereocenters. The Balaban J connectivity index is 1.48. The molecule has 0 aliphatic heterocycles. The number of nitro benzene ring substituents is 2. The Bertz CT molecular complexity index is 1570. The minimum Gasteiger partial charge on any atom is -0.420 e. The van der Waals surface area contributed by atoms with Crippen LogP contribution in [0.4, 0.5) is 28.4 Å². The molecule has 0 spiro atoms. The number of aliphatic imine (C=N–C) groups is 1. The molecule has 39 heavy (non-hydrogen) atoms. The van der Waals surface area contributed by atoms with Crippen LogP contribution < -0.4 is 4.74 Å². The summed E-state index contributed by atoms with van der Waals surface area (Å²) in [4.78, 5) is 37.7. The second-order valence-electron chi connectivity index (χ2n) is 7.77. The standard InChI is InChI=1S/C26H15Br2N5O6/c27-23-10-16(15-29-18-6-8-20(9-7-18)31-30-19-4-2-1-3-5-19)11-24(28)25(23)39-26(34)17-12-21(32(35)36)14-22(13-17)33(37)38/h1-15H. The lowest BCUT2D eigenvalue weighted by Crippen LogP contribution is -2.10. The average molecular weight is 653 g/mol. The molecule has 0 saturated carbocycles. The van der Waals surface area contributed by atoms with Crippen molar-refractivity contribution in [3.05, 3.63) is 125 Å². The lowest BCUT2D eigenvalue weighted by molar-refractivity contribution is -0.394. The summed E-state index contributed by atoms with van der Waals surface area (Å²) >= 11 is 6.68. The van der Waals surface area contributed by atoms with Gasteiger partial charge in [0.25, 0.3) is 11.4 Å². The van der Waals surface area contributed by atoms with E-state index in [9.17, 15) is 25.0 Å². The molecular weight excluding hydrogens is 638 g/mol. The van der Waals surface area contributed by atoms with Gasteiger partial charge in [-0.25, -0.2) is 4.79 Å². The first kappa shape index (κ1) is 27.4. The zero-order valence-electron chi connectivity index (χ0n) is 19.6. The number of ether oxygens (including phenoxy) is 1. The zero-order chi connectivity index (χ0) is 27.9. The van der Waals surface area contributed by atoms with Gasteiger partial charge in [-0.1, -0.05) is 18.2 Å². The van der Waals surface area contributed by atoms with Crippen LogP contribution in [0, 0.1) is 20.2 Å². The Labute approximate surface area is 237 Å². The fourth-order valence-electron chi connectivity index (χ4n) is 3.19. The number of carbonyl (C=O) groups is 1. The summed E-state index contributed by atoms with van der Waals surface area (Å²) in [6, 6.07) is 22.4. The van der Waals surface area contributed by atoms with Crippen molar-refractivity contribution >= 4 is 72.5 Å². The van der Waals surface area contributed by atoms with Crippen molar-refractivity contribution in [2.24, 2.45) is 15.2 Å². The van der Waals surface area contributed by atoms with Crippen LogP contribution >= 0.6 is 31.9 Å². The fourth-order valence-corrected chi connectivity index (χ4v) is 4.58. The van der Waals surface area contributed by atoms with Crippen LogP contribution in [0.5, 0.6) is 5.75 Å². The highest BCUT2D eigenvalue weighted by Crippen LogP contribution is 2.36. The van der Waals surface area contributed by atoms with E-state index in [2.05, 4.69) is 47.1 Å². The predicted molar refractivity (Wildman–Crippen MR) is 151 cm³/mol. The van der Waals surface area contributed by atoms with Crippen molar-refractivity contribution in [2.45, 2.75) is 0 Å². The van der Waals surface area contributed by atoms with Crippen molar-refractivity contribution in [3.8, 4) is 5.75 Å². The molecule has 0 heterocycles. The highest BCUT2D eigenvalue weighted by molar-refractivity contribution is 9.11. The number of azo groups is 1. The van der Waals surface area contributed by atoms with Crippen LogP contribution in [0.3, 0.4) is 0 Å². The molecule has 4 rings (SSSR count). The van der Waals surface area contributed by atoms with E-state index in [0.29, 0.717) is 25.9 Å². The number of nitrogens with zero attached hydrogens (tertiary/aromatic N) is 5. The largest absolute Gasteiger partial charge is 0.420 e. The Morgan fingerprint density at radius 3 is 1.79 bits per heavy atom. The fraction of sp³-hybridized carbons (Fsp3) is 0. The lowest BCUT2D eigenvalue weighted by Gasteiger charge is -2.10. The molecule has 0 aromatic heterocycles. The van der Waals surface area contributed by atoms with Crippen molar-refractivity contribution in [1.29, 1.82) is 0 Å². The molecule has 4 aromatic rings. The number of non-ortho nitro benzene ring substituents is 2. The number of rotatable bonds is 8. The van der Waals surface area contributed by atoms with Gasteiger partial charge >= 0.3 is 5.97 Å². The van der Waals surface area contributed by atoms with Crippen molar-refractivity contribution < 1.29 is 19.4 Å². The minimum absolute atomic E-state index is 0.0828. The quantitative estimate of drug-likeness (QED) is 0.0465. The molecule has 11 nitrogen and oxygen atoms in total. The maximum atomic E-state index is 12.7. The zero-order valence-corrected chi connectivity index (χ0v) is 22.8. The van der Waals surface area contributed by atoms with Gasteiger partial charge in [-0.05, 0) is 86.0 Å². The van der Waals surface area contributed by atoms with Crippen molar-refractivity contribution in [1.82, 2.24) is 0 Å². The Kier molecular flexibility index (Phi) is 8.63. The van der Waals surface area contributed by atoms with Gasteiger partial charge in [0, 0.05) is 18.3 Å². The number of carbonyl (C=O) groups excluding carboxylic acids is 1. The number of benzene rings is 4. The molecule has 0 N–H and O–H groups in total. The van der Waals surface area contributed by atoms with Crippen LogP contribution in [0.1, 0.15) is 15.9 Å². The summed E-state index contributed by atoms with van der Waals surface area (Å²) in [7, 11) is 0. The van der Waals surface area contributed by atoms with E-state index in [4.69, 9.17) is 4.74 Å². The topological polar surface area (TPSA) is 150 Å². The van der Waals surface area contributed by atoms with E-state index in [1.807, 2.05) is 30.3 Å². The first-order chi connectivity index (χ1) is 18.7. The summed E-state index contributed by atoms with van der Waals surface area (Å²) in [6.45, 7) is 0. The smallest absolute Gasteiger partial charge is 0.344 e. The molecule has 0 aliphatic carbocycles. The van der Waals surface area contributed by atoms with E-state index in [1.165, 1.54) is 0 Å². The number of nitro groups is 2. The maximum Gasteiger partial charge on any atom is 0.344 e. The molecule has 0 fully saturated rings. The second kappa shape index (κ2) is 12.3.